The fraction of sp³-hybridized carbons (Fsp3) is 0.647. The lowest BCUT2D eigenvalue weighted by Crippen LogP contribution is -2.47. The van der Waals surface area contributed by atoms with Crippen molar-refractivity contribution in [3.8, 4) is 0 Å². The Balaban J connectivity index is 1.88. The summed E-state index contributed by atoms with van der Waals surface area (Å²) in [6, 6.07) is -0.683. The van der Waals surface area contributed by atoms with E-state index in [0.717, 1.165) is 18.4 Å². The van der Waals surface area contributed by atoms with E-state index in [-0.39, 0.29) is 12.6 Å². The minimum absolute atomic E-state index is 0.0285. The van der Waals surface area contributed by atoms with Gasteiger partial charge >= 0.3 is 17.8 Å². The minimum Gasteiger partial charge on any atom is -0.464 e. The van der Waals surface area contributed by atoms with Crippen molar-refractivity contribution in [2.75, 3.05) is 6.61 Å². The summed E-state index contributed by atoms with van der Waals surface area (Å²) >= 11 is 0. The Morgan fingerprint density at radius 3 is 2.60 bits per heavy atom. The summed E-state index contributed by atoms with van der Waals surface area (Å²) in [7, 11) is 0. The first-order valence-electron chi connectivity index (χ1n) is 8.39. The van der Waals surface area contributed by atoms with Gasteiger partial charge in [-0.1, -0.05) is 0 Å². The summed E-state index contributed by atoms with van der Waals surface area (Å²) in [5, 5.41) is 0. The Morgan fingerprint density at radius 1 is 1.40 bits per heavy atom. The van der Waals surface area contributed by atoms with Gasteiger partial charge in [-0.15, -0.1) is 0 Å². The molecule has 138 valence electrons. The summed E-state index contributed by atoms with van der Waals surface area (Å²) in [6.07, 6.45) is 4.62. The molecule has 1 fully saturated rings. The number of aromatic amines is 1. The van der Waals surface area contributed by atoms with Crippen molar-refractivity contribution in [3.05, 3.63) is 28.4 Å². The molecule has 25 heavy (non-hydrogen) atoms. The van der Waals surface area contributed by atoms with E-state index in [1.54, 1.807) is 27.7 Å². The molecule has 0 saturated heterocycles. The van der Waals surface area contributed by atoms with Crippen molar-refractivity contribution in [3.63, 3.8) is 0 Å². The van der Waals surface area contributed by atoms with Crippen LogP contribution in [0, 0.1) is 0 Å². The SMILES string of the molecule is CC(C(=O)OCCc1cnc(=O)[nH]c1)N(C(=O)OC(C)(C)C)C1CC1. The van der Waals surface area contributed by atoms with Gasteiger partial charge in [-0.25, -0.2) is 19.4 Å². The van der Waals surface area contributed by atoms with Crippen LogP contribution in [0.15, 0.2) is 17.2 Å². The van der Waals surface area contributed by atoms with E-state index < -0.39 is 29.4 Å². The molecule has 1 aromatic heterocycles. The topological polar surface area (TPSA) is 102 Å². The monoisotopic (exact) mass is 351 g/mol. The molecule has 2 rings (SSSR count). The predicted molar refractivity (Wildman–Crippen MR) is 90.1 cm³/mol. The number of nitrogens with one attached hydrogen (secondary N) is 1. The van der Waals surface area contributed by atoms with E-state index in [4.69, 9.17) is 9.47 Å². The van der Waals surface area contributed by atoms with Crippen LogP contribution < -0.4 is 5.69 Å². The van der Waals surface area contributed by atoms with E-state index in [0.29, 0.717) is 6.42 Å². The van der Waals surface area contributed by atoms with Crippen LogP contribution in [0.4, 0.5) is 4.79 Å². The molecule has 1 aliphatic rings. The third-order valence-corrected chi connectivity index (χ3v) is 3.67. The number of rotatable bonds is 6. The van der Waals surface area contributed by atoms with E-state index in [2.05, 4.69) is 9.97 Å². The van der Waals surface area contributed by atoms with Crippen LogP contribution in [-0.2, 0) is 20.7 Å². The van der Waals surface area contributed by atoms with E-state index in [1.807, 2.05) is 0 Å². The molecule has 1 aromatic rings. The Morgan fingerprint density at radius 2 is 2.08 bits per heavy atom. The standard InChI is InChI=1S/C17H25N3O5/c1-11(20(13-5-6-13)16(23)25-17(2,3)4)14(21)24-8-7-12-9-18-15(22)19-10-12/h9-11,13H,5-8H2,1-4H3,(H,18,19,22). The van der Waals surface area contributed by atoms with Gasteiger partial charge in [0.25, 0.3) is 0 Å². The van der Waals surface area contributed by atoms with Gasteiger partial charge in [0.05, 0.1) is 6.61 Å². The molecule has 1 N–H and O–H groups in total. The van der Waals surface area contributed by atoms with E-state index >= 15 is 0 Å². The minimum atomic E-state index is -0.712. The number of aromatic nitrogens is 2. The van der Waals surface area contributed by atoms with Crippen LogP contribution in [0.25, 0.3) is 0 Å². The number of hydrogen-bond donors (Lipinski definition) is 1. The van der Waals surface area contributed by atoms with Crippen LogP contribution in [0.1, 0.15) is 46.1 Å². The highest BCUT2D eigenvalue weighted by Crippen LogP contribution is 2.30. The van der Waals surface area contributed by atoms with Gasteiger partial charge in [-0.3, -0.25) is 4.90 Å². The molecule has 0 aliphatic heterocycles. The number of esters is 1. The maximum absolute atomic E-state index is 12.4. The molecule has 1 unspecified atom stereocenters. The lowest BCUT2D eigenvalue weighted by molar-refractivity contribution is -0.149. The van der Waals surface area contributed by atoms with Crippen LogP contribution in [0.2, 0.25) is 0 Å². The van der Waals surface area contributed by atoms with Gasteiger partial charge in [0.15, 0.2) is 0 Å². The summed E-state index contributed by atoms with van der Waals surface area (Å²) in [5.41, 5.74) is -0.288. The molecule has 0 aromatic carbocycles. The van der Waals surface area contributed by atoms with Crippen LogP contribution in [0.5, 0.6) is 0 Å². The third-order valence-electron chi connectivity index (χ3n) is 3.67. The second-order valence-corrected chi connectivity index (χ2v) is 7.14. The fourth-order valence-corrected chi connectivity index (χ4v) is 2.30. The van der Waals surface area contributed by atoms with Gasteiger partial charge in [0.1, 0.15) is 11.6 Å². The molecule has 1 amide bonds. The van der Waals surface area contributed by atoms with E-state index in [9.17, 15) is 14.4 Å². The summed E-state index contributed by atoms with van der Waals surface area (Å²) < 4.78 is 10.7. The van der Waals surface area contributed by atoms with Gasteiger partial charge in [0.2, 0.25) is 0 Å². The molecule has 0 bridgehead atoms. The number of hydrogen-bond acceptors (Lipinski definition) is 6. The fourth-order valence-electron chi connectivity index (χ4n) is 2.30. The van der Waals surface area contributed by atoms with Gasteiger partial charge in [-0.05, 0) is 46.1 Å². The van der Waals surface area contributed by atoms with Crippen molar-refractivity contribution in [2.45, 2.75) is 64.6 Å². The second kappa shape index (κ2) is 7.67. The van der Waals surface area contributed by atoms with Gasteiger partial charge in [-0.2, -0.15) is 0 Å². The highest BCUT2D eigenvalue weighted by molar-refractivity contribution is 5.81. The number of H-pyrrole nitrogens is 1. The first-order chi connectivity index (χ1) is 11.7. The quantitative estimate of drug-likeness (QED) is 0.782. The zero-order valence-electron chi connectivity index (χ0n) is 15.1. The Hall–Kier alpha value is -2.38. The van der Waals surface area contributed by atoms with Gasteiger partial charge < -0.3 is 14.5 Å². The van der Waals surface area contributed by atoms with Crippen molar-refractivity contribution >= 4 is 12.1 Å². The first kappa shape index (κ1) is 19.0. The van der Waals surface area contributed by atoms with Crippen molar-refractivity contribution < 1.29 is 19.1 Å². The molecular weight excluding hydrogens is 326 g/mol. The van der Waals surface area contributed by atoms with Crippen molar-refractivity contribution in [1.82, 2.24) is 14.9 Å². The number of amides is 1. The lowest BCUT2D eigenvalue weighted by Gasteiger charge is -2.30. The lowest BCUT2D eigenvalue weighted by atomic mass is 10.2. The molecule has 1 atom stereocenters. The van der Waals surface area contributed by atoms with E-state index in [1.165, 1.54) is 17.3 Å². The first-order valence-corrected chi connectivity index (χ1v) is 8.39. The average Bonchev–Trinajstić information content (AvgIpc) is 3.32. The highest BCUT2D eigenvalue weighted by atomic mass is 16.6. The summed E-state index contributed by atoms with van der Waals surface area (Å²) in [5.74, 6) is -0.477. The normalized spacial score (nSPS) is 15.4. The molecule has 1 saturated carbocycles. The van der Waals surface area contributed by atoms with Crippen LogP contribution in [-0.4, -0.2) is 51.2 Å². The average molecular weight is 351 g/mol. The van der Waals surface area contributed by atoms with Crippen LogP contribution in [0.3, 0.4) is 0 Å². The van der Waals surface area contributed by atoms with Gasteiger partial charge in [0, 0.05) is 24.9 Å². The number of ether oxygens (including phenoxy) is 2. The second-order valence-electron chi connectivity index (χ2n) is 7.14. The molecular formula is C17H25N3O5. The smallest absolute Gasteiger partial charge is 0.411 e. The number of nitrogens with zero attached hydrogens (tertiary/aromatic N) is 2. The Bertz CT molecular complexity index is 655. The third kappa shape index (κ3) is 5.88. The highest BCUT2D eigenvalue weighted by Gasteiger charge is 2.41. The maximum atomic E-state index is 12.4. The summed E-state index contributed by atoms with van der Waals surface area (Å²) in [6.45, 7) is 7.15. The molecule has 0 radical (unpaired) electrons. The molecule has 0 spiro atoms. The Labute approximate surface area is 146 Å². The zero-order chi connectivity index (χ0) is 18.6. The summed E-state index contributed by atoms with van der Waals surface area (Å²) in [4.78, 5) is 43.1. The zero-order valence-corrected chi connectivity index (χ0v) is 15.1. The number of carbonyl (C=O) groups excluding carboxylic acids is 2. The largest absolute Gasteiger partial charge is 0.464 e. The van der Waals surface area contributed by atoms with Crippen LogP contribution >= 0.6 is 0 Å². The molecule has 1 aliphatic carbocycles. The maximum Gasteiger partial charge on any atom is 0.411 e. The van der Waals surface area contributed by atoms with Crippen molar-refractivity contribution in [1.29, 1.82) is 0 Å². The Kier molecular flexibility index (Phi) is 5.81. The molecule has 8 heteroatoms. The predicted octanol–water partition coefficient (Wildman–Crippen LogP) is 1.64. The number of carbonyl (C=O) groups is 2. The van der Waals surface area contributed by atoms with Crippen molar-refractivity contribution in [2.24, 2.45) is 0 Å². The molecule has 8 nitrogen and oxygen atoms in total. The molecule has 1 heterocycles.